The molecule has 1 aliphatic rings. The molecule has 8 heteroatoms. The van der Waals surface area contributed by atoms with Crippen LogP contribution in [0.2, 0.25) is 0 Å². The van der Waals surface area contributed by atoms with E-state index in [0.717, 1.165) is 0 Å². The molecule has 0 bridgehead atoms. The van der Waals surface area contributed by atoms with Crippen LogP contribution < -0.4 is 5.32 Å². The number of hydrogen-bond donors (Lipinski definition) is 4. The highest BCUT2D eigenvalue weighted by Crippen LogP contribution is 2.21. The highest BCUT2D eigenvalue weighted by Gasteiger charge is 2.45. The van der Waals surface area contributed by atoms with Crippen molar-refractivity contribution in [3.05, 3.63) is 0 Å². The van der Waals surface area contributed by atoms with E-state index in [4.69, 9.17) is 14.6 Å². The normalized spacial score (nSPS) is 36.1. The summed E-state index contributed by atoms with van der Waals surface area (Å²) in [5.41, 5.74) is 0. The lowest BCUT2D eigenvalue weighted by molar-refractivity contribution is -0.267. The van der Waals surface area contributed by atoms with Crippen LogP contribution in [-0.2, 0) is 19.1 Å². The van der Waals surface area contributed by atoms with Gasteiger partial charge in [0.2, 0.25) is 5.91 Å². The molecule has 1 fully saturated rings. The summed E-state index contributed by atoms with van der Waals surface area (Å²) in [6.07, 6.45) is -4.39. The molecule has 8 nitrogen and oxygen atoms in total. The summed E-state index contributed by atoms with van der Waals surface area (Å²) in [4.78, 5) is 21.2. The second-order valence-electron chi connectivity index (χ2n) is 3.93. The van der Waals surface area contributed by atoms with Crippen LogP contribution >= 0.6 is 0 Å². The van der Waals surface area contributed by atoms with Gasteiger partial charge in [-0.3, -0.25) is 4.79 Å². The van der Waals surface area contributed by atoms with Crippen molar-refractivity contribution in [2.45, 2.75) is 37.6 Å². The van der Waals surface area contributed by atoms with Crippen molar-refractivity contribution in [2.24, 2.45) is 0 Å². The van der Waals surface area contributed by atoms with Crippen LogP contribution in [0.3, 0.4) is 0 Å². The molecule has 1 amide bonds. The van der Waals surface area contributed by atoms with Gasteiger partial charge in [-0.1, -0.05) is 0 Å². The molecule has 1 aliphatic heterocycles. The van der Waals surface area contributed by atoms with Crippen LogP contribution in [0.1, 0.15) is 6.92 Å². The fourth-order valence-corrected chi connectivity index (χ4v) is 1.75. The first-order chi connectivity index (χ1) is 8.51. The number of ether oxygens (including phenoxy) is 2. The summed E-state index contributed by atoms with van der Waals surface area (Å²) in [5.74, 6) is -0.447. The van der Waals surface area contributed by atoms with Gasteiger partial charge in [0.15, 0.2) is 6.29 Å². The Morgan fingerprint density at radius 2 is 2.11 bits per heavy atom. The predicted molar refractivity (Wildman–Crippen MR) is 57.4 cm³/mol. The number of aliphatic hydroxyl groups is 3. The number of aliphatic hydroxyl groups excluding tert-OH is 3. The van der Waals surface area contributed by atoms with E-state index in [1.54, 1.807) is 0 Å². The van der Waals surface area contributed by atoms with Crippen molar-refractivity contribution in [1.82, 2.24) is 5.32 Å². The summed E-state index contributed by atoms with van der Waals surface area (Å²) < 4.78 is 10.2. The number of aldehydes is 1. The second-order valence-corrected chi connectivity index (χ2v) is 3.93. The number of amides is 1. The molecule has 1 heterocycles. The van der Waals surface area contributed by atoms with E-state index in [0.29, 0.717) is 6.29 Å². The first-order valence-corrected chi connectivity index (χ1v) is 5.46. The SMILES string of the molecule is CC(=O)N[C@H]1[C@H](OCC=O)O[C@H](CO)[C@H](O)[C@@H]1O. The lowest BCUT2D eigenvalue weighted by atomic mass is 9.97. The van der Waals surface area contributed by atoms with E-state index < -0.39 is 43.2 Å². The Hall–Kier alpha value is -1.06. The van der Waals surface area contributed by atoms with Gasteiger partial charge in [0, 0.05) is 6.92 Å². The van der Waals surface area contributed by atoms with Crippen molar-refractivity contribution in [3.8, 4) is 0 Å². The van der Waals surface area contributed by atoms with Crippen LogP contribution in [0.4, 0.5) is 0 Å². The zero-order valence-corrected chi connectivity index (χ0v) is 9.85. The fraction of sp³-hybridized carbons (Fsp3) is 0.800. The molecule has 0 aromatic carbocycles. The number of carbonyl (C=O) groups is 2. The van der Waals surface area contributed by atoms with Crippen LogP contribution in [0.25, 0.3) is 0 Å². The average Bonchev–Trinajstić information content (AvgIpc) is 2.33. The first-order valence-electron chi connectivity index (χ1n) is 5.46. The first kappa shape index (κ1) is 15.0. The van der Waals surface area contributed by atoms with Crippen LogP contribution in [-0.4, -0.2) is 71.4 Å². The van der Waals surface area contributed by atoms with Gasteiger partial charge in [-0.25, -0.2) is 0 Å². The number of hydrogen-bond acceptors (Lipinski definition) is 7. The lowest BCUT2D eigenvalue weighted by Gasteiger charge is -2.41. The maximum absolute atomic E-state index is 11.0. The summed E-state index contributed by atoms with van der Waals surface area (Å²) in [5, 5.41) is 30.8. The minimum absolute atomic E-state index is 0.290. The Kier molecular flexibility index (Phi) is 5.63. The van der Waals surface area contributed by atoms with E-state index in [1.165, 1.54) is 6.92 Å². The maximum atomic E-state index is 11.0. The molecule has 104 valence electrons. The highest BCUT2D eigenvalue weighted by molar-refractivity contribution is 5.73. The van der Waals surface area contributed by atoms with Crippen molar-refractivity contribution in [3.63, 3.8) is 0 Å². The van der Waals surface area contributed by atoms with Gasteiger partial charge in [-0.15, -0.1) is 0 Å². The molecule has 1 saturated heterocycles. The number of carbonyl (C=O) groups excluding carboxylic acids is 2. The van der Waals surface area contributed by atoms with Crippen LogP contribution in [0.15, 0.2) is 0 Å². The molecule has 0 radical (unpaired) electrons. The van der Waals surface area contributed by atoms with Crippen molar-refractivity contribution in [1.29, 1.82) is 0 Å². The van der Waals surface area contributed by atoms with Crippen LogP contribution in [0.5, 0.6) is 0 Å². The average molecular weight is 263 g/mol. The minimum atomic E-state index is -1.36. The molecule has 1 rings (SSSR count). The molecule has 5 atom stereocenters. The van der Waals surface area contributed by atoms with E-state index >= 15 is 0 Å². The molecule has 0 unspecified atom stereocenters. The summed E-state index contributed by atoms with van der Waals surface area (Å²) in [6.45, 7) is 0.418. The van der Waals surface area contributed by atoms with Gasteiger partial charge in [-0.05, 0) is 0 Å². The van der Waals surface area contributed by atoms with Crippen molar-refractivity contribution < 1.29 is 34.4 Å². The maximum Gasteiger partial charge on any atom is 0.217 e. The van der Waals surface area contributed by atoms with E-state index in [9.17, 15) is 19.8 Å². The molecular formula is C10H17NO7. The van der Waals surface area contributed by atoms with Crippen LogP contribution in [0, 0.1) is 0 Å². The number of rotatable bonds is 5. The smallest absolute Gasteiger partial charge is 0.217 e. The Balaban J connectivity index is 2.79. The summed E-state index contributed by atoms with van der Waals surface area (Å²) in [7, 11) is 0. The van der Waals surface area contributed by atoms with Crippen molar-refractivity contribution in [2.75, 3.05) is 13.2 Å². The van der Waals surface area contributed by atoms with Crippen molar-refractivity contribution >= 4 is 12.2 Å². The molecule has 4 N–H and O–H groups in total. The quantitative estimate of drug-likeness (QED) is 0.393. The third-order valence-electron chi connectivity index (χ3n) is 2.58. The van der Waals surface area contributed by atoms with E-state index in [2.05, 4.69) is 5.32 Å². The Morgan fingerprint density at radius 1 is 1.44 bits per heavy atom. The summed E-state index contributed by atoms with van der Waals surface area (Å²) >= 11 is 0. The van der Waals surface area contributed by atoms with E-state index in [1.807, 2.05) is 0 Å². The number of nitrogens with one attached hydrogen (secondary N) is 1. The van der Waals surface area contributed by atoms with Gasteiger partial charge in [0.1, 0.15) is 37.2 Å². The minimum Gasteiger partial charge on any atom is -0.394 e. The zero-order valence-electron chi connectivity index (χ0n) is 9.85. The molecule has 0 aliphatic carbocycles. The standard InChI is InChI=1S/C10H17NO7/c1-5(14)11-7-9(16)8(15)6(4-13)18-10(7)17-3-2-12/h2,6-10,13,15-16H,3-4H2,1H3,(H,11,14)/t6-,7-,8+,9-,10-/m1/s1. The lowest BCUT2D eigenvalue weighted by Crippen LogP contribution is -2.64. The molecule has 18 heavy (non-hydrogen) atoms. The second kappa shape index (κ2) is 6.76. The van der Waals surface area contributed by atoms with E-state index in [-0.39, 0.29) is 6.61 Å². The third-order valence-corrected chi connectivity index (χ3v) is 2.58. The molecule has 0 aromatic heterocycles. The molecule has 0 aromatic rings. The molecule has 0 spiro atoms. The summed E-state index contributed by atoms with van der Waals surface area (Å²) in [6, 6.07) is -1.01. The topological polar surface area (TPSA) is 125 Å². The van der Waals surface area contributed by atoms with Gasteiger partial charge in [0.25, 0.3) is 0 Å². The predicted octanol–water partition coefficient (Wildman–Crippen LogP) is -2.85. The Morgan fingerprint density at radius 3 is 2.61 bits per heavy atom. The van der Waals surface area contributed by atoms with Gasteiger partial charge < -0.3 is 34.9 Å². The Bertz CT molecular complexity index is 298. The van der Waals surface area contributed by atoms with Gasteiger partial charge in [-0.2, -0.15) is 0 Å². The largest absolute Gasteiger partial charge is 0.394 e. The van der Waals surface area contributed by atoms with Gasteiger partial charge >= 0.3 is 0 Å². The monoisotopic (exact) mass is 263 g/mol. The zero-order chi connectivity index (χ0) is 13.7. The van der Waals surface area contributed by atoms with Gasteiger partial charge in [0.05, 0.1) is 6.61 Å². The highest BCUT2D eigenvalue weighted by atomic mass is 16.7. The Labute approximate surface area is 104 Å². The molecular weight excluding hydrogens is 246 g/mol. The third kappa shape index (κ3) is 3.47. The molecule has 0 saturated carbocycles. The fourth-order valence-electron chi connectivity index (χ4n) is 1.75.